The van der Waals surface area contributed by atoms with Crippen LogP contribution in [0.3, 0.4) is 0 Å². The highest BCUT2D eigenvalue weighted by Crippen LogP contribution is 2.20. The summed E-state index contributed by atoms with van der Waals surface area (Å²) in [7, 11) is 1.28. The highest BCUT2D eigenvalue weighted by atomic mass is 16.5. The van der Waals surface area contributed by atoms with Gasteiger partial charge in [-0.1, -0.05) is 72.8 Å². The molecule has 1 amide bonds. The van der Waals surface area contributed by atoms with E-state index in [1.54, 1.807) is 30.3 Å². The minimum absolute atomic E-state index is 0.0822. The van der Waals surface area contributed by atoms with Crippen LogP contribution in [-0.2, 0) is 9.53 Å². The predicted octanol–water partition coefficient (Wildman–Crippen LogP) is 4.30. The molecule has 3 aromatic rings. The molecule has 0 saturated carbocycles. The maximum Gasteiger partial charge on any atom is 0.354 e. The fourth-order valence-corrected chi connectivity index (χ4v) is 2.61. The summed E-state index contributed by atoms with van der Waals surface area (Å²) in [5.74, 6) is -0.973. The minimum atomic E-state index is -0.605. The smallest absolute Gasteiger partial charge is 0.354 e. The van der Waals surface area contributed by atoms with E-state index < -0.39 is 5.97 Å². The molecular formula is C23H19NO3. The molecule has 0 saturated heterocycles. The van der Waals surface area contributed by atoms with Gasteiger partial charge in [-0.05, 0) is 34.9 Å². The Balaban J connectivity index is 1.83. The minimum Gasteiger partial charge on any atom is -0.464 e. The van der Waals surface area contributed by atoms with E-state index >= 15 is 0 Å². The summed E-state index contributed by atoms with van der Waals surface area (Å²) in [6, 6.07) is 26.4. The summed E-state index contributed by atoms with van der Waals surface area (Å²) in [6.45, 7) is 0. The number of nitrogens with one attached hydrogen (secondary N) is 1. The number of methoxy groups -OCH3 is 1. The lowest BCUT2D eigenvalue weighted by Gasteiger charge is -2.09. The Morgan fingerprint density at radius 2 is 1.33 bits per heavy atom. The maximum atomic E-state index is 12.3. The maximum absolute atomic E-state index is 12.3. The van der Waals surface area contributed by atoms with Crippen molar-refractivity contribution in [3.05, 3.63) is 102 Å². The Morgan fingerprint density at radius 1 is 0.778 bits per heavy atom. The molecule has 1 N–H and O–H groups in total. The third-order valence-electron chi connectivity index (χ3n) is 4.02. The quantitative estimate of drug-likeness (QED) is 0.547. The van der Waals surface area contributed by atoms with Crippen LogP contribution < -0.4 is 5.32 Å². The van der Waals surface area contributed by atoms with E-state index in [1.807, 2.05) is 60.7 Å². The largest absolute Gasteiger partial charge is 0.464 e. The zero-order valence-electron chi connectivity index (χ0n) is 14.9. The topological polar surface area (TPSA) is 55.4 Å². The zero-order chi connectivity index (χ0) is 19.1. The molecule has 0 bridgehead atoms. The van der Waals surface area contributed by atoms with Crippen molar-refractivity contribution in [2.45, 2.75) is 0 Å². The van der Waals surface area contributed by atoms with E-state index in [0.29, 0.717) is 5.56 Å². The first-order chi connectivity index (χ1) is 13.2. The monoisotopic (exact) mass is 357 g/mol. The number of hydrogen-bond donors (Lipinski definition) is 1. The molecule has 3 rings (SSSR count). The molecule has 4 nitrogen and oxygen atoms in total. The number of ether oxygens (including phenoxy) is 1. The molecule has 27 heavy (non-hydrogen) atoms. The van der Waals surface area contributed by atoms with Crippen LogP contribution in [0.5, 0.6) is 0 Å². The van der Waals surface area contributed by atoms with Crippen LogP contribution in [0, 0.1) is 0 Å². The van der Waals surface area contributed by atoms with Gasteiger partial charge in [-0.2, -0.15) is 0 Å². The molecule has 0 spiro atoms. The summed E-state index contributed by atoms with van der Waals surface area (Å²) in [6.07, 6.45) is 1.60. The van der Waals surface area contributed by atoms with E-state index in [2.05, 4.69) is 5.32 Å². The van der Waals surface area contributed by atoms with Gasteiger partial charge in [0.25, 0.3) is 5.91 Å². The number of carbonyl (C=O) groups excluding carboxylic acids is 2. The van der Waals surface area contributed by atoms with Crippen LogP contribution in [-0.4, -0.2) is 19.0 Å². The Bertz CT molecular complexity index is 946. The van der Waals surface area contributed by atoms with Gasteiger partial charge >= 0.3 is 5.97 Å². The van der Waals surface area contributed by atoms with Crippen LogP contribution in [0.4, 0.5) is 0 Å². The van der Waals surface area contributed by atoms with Gasteiger partial charge in [0.2, 0.25) is 0 Å². The van der Waals surface area contributed by atoms with Crippen LogP contribution >= 0.6 is 0 Å². The summed E-state index contributed by atoms with van der Waals surface area (Å²) >= 11 is 0. The summed E-state index contributed by atoms with van der Waals surface area (Å²) < 4.78 is 4.79. The Morgan fingerprint density at radius 3 is 1.93 bits per heavy atom. The van der Waals surface area contributed by atoms with Gasteiger partial charge in [0.15, 0.2) is 0 Å². The van der Waals surface area contributed by atoms with Crippen molar-refractivity contribution in [2.24, 2.45) is 0 Å². The Kier molecular flexibility index (Phi) is 5.80. The number of amides is 1. The van der Waals surface area contributed by atoms with Crippen LogP contribution in [0.1, 0.15) is 15.9 Å². The first kappa shape index (κ1) is 18.1. The third kappa shape index (κ3) is 4.70. The Hall–Kier alpha value is -3.66. The second-order valence-corrected chi connectivity index (χ2v) is 5.86. The predicted molar refractivity (Wildman–Crippen MR) is 106 cm³/mol. The van der Waals surface area contributed by atoms with Crippen LogP contribution in [0.2, 0.25) is 0 Å². The third-order valence-corrected chi connectivity index (χ3v) is 4.02. The number of rotatable bonds is 5. The van der Waals surface area contributed by atoms with Crippen LogP contribution in [0.15, 0.2) is 90.6 Å². The highest BCUT2D eigenvalue weighted by Gasteiger charge is 2.14. The second kappa shape index (κ2) is 8.63. The van der Waals surface area contributed by atoms with Crippen molar-refractivity contribution in [1.29, 1.82) is 0 Å². The van der Waals surface area contributed by atoms with Crippen molar-refractivity contribution in [2.75, 3.05) is 7.11 Å². The summed E-state index contributed by atoms with van der Waals surface area (Å²) in [5.41, 5.74) is 3.51. The summed E-state index contributed by atoms with van der Waals surface area (Å²) in [5, 5.41) is 2.63. The van der Waals surface area contributed by atoms with E-state index in [0.717, 1.165) is 16.7 Å². The van der Waals surface area contributed by atoms with Gasteiger partial charge in [0.05, 0.1) is 7.11 Å². The van der Waals surface area contributed by atoms with Crippen molar-refractivity contribution in [1.82, 2.24) is 5.32 Å². The van der Waals surface area contributed by atoms with Gasteiger partial charge in [0, 0.05) is 5.56 Å². The van der Waals surface area contributed by atoms with Gasteiger partial charge in [-0.15, -0.1) is 0 Å². The van der Waals surface area contributed by atoms with Crippen molar-refractivity contribution in [3.8, 4) is 11.1 Å². The fourth-order valence-electron chi connectivity index (χ4n) is 2.61. The van der Waals surface area contributed by atoms with Crippen molar-refractivity contribution in [3.63, 3.8) is 0 Å². The average molecular weight is 357 g/mol. The van der Waals surface area contributed by atoms with Crippen molar-refractivity contribution < 1.29 is 14.3 Å². The lowest BCUT2D eigenvalue weighted by molar-refractivity contribution is -0.136. The molecule has 0 aromatic heterocycles. The first-order valence-electron chi connectivity index (χ1n) is 8.49. The molecule has 0 heterocycles. The molecule has 4 heteroatoms. The van der Waals surface area contributed by atoms with Crippen molar-refractivity contribution >= 4 is 18.0 Å². The second-order valence-electron chi connectivity index (χ2n) is 5.86. The van der Waals surface area contributed by atoms with Gasteiger partial charge in [0.1, 0.15) is 5.70 Å². The molecule has 3 aromatic carbocycles. The highest BCUT2D eigenvalue weighted by molar-refractivity contribution is 6.03. The molecule has 0 radical (unpaired) electrons. The van der Waals surface area contributed by atoms with Crippen LogP contribution in [0.25, 0.3) is 17.2 Å². The number of benzene rings is 3. The average Bonchev–Trinajstić information content (AvgIpc) is 2.74. The zero-order valence-corrected chi connectivity index (χ0v) is 14.9. The van der Waals surface area contributed by atoms with E-state index in [-0.39, 0.29) is 11.6 Å². The van der Waals surface area contributed by atoms with Gasteiger partial charge in [-0.25, -0.2) is 4.79 Å². The number of esters is 1. The van der Waals surface area contributed by atoms with E-state index in [1.165, 1.54) is 7.11 Å². The number of carbonyl (C=O) groups is 2. The SMILES string of the molecule is COC(=O)C(=Cc1ccc(-c2ccccc2)cc1)NC(=O)c1ccccc1. The first-order valence-corrected chi connectivity index (χ1v) is 8.49. The molecular weight excluding hydrogens is 338 g/mol. The molecule has 0 unspecified atom stereocenters. The molecule has 0 aliphatic heterocycles. The molecule has 0 atom stereocenters. The lowest BCUT2D eigenvalue weighted by atomic mass is 10.0. The molecule has 0 fully saturated rings. The fraction of sp³-hybridized carbons (Fsp3) is 0.0435. The normalized spacial score (nSPS) is 10.9. The standard InChI is InChI=1S/C23H19NO3/c1-27-23(26)21(24-22(25)20-10-6-3-7-11-20)16-17-12-14-19(15-13-17)18-8-4-2-5-9-18/h2-16H,1H3,(H,24,25). The van der Waals surface area contributed by atoms with Gasteiger partial charge in [-0.3, -0.25) is 4.79 Å². The van der Waals surface area contributed by atoms with E-state index in [9.17, 15) is 9.59 Å². The van der Waals surface area contributed by atoms with Gasteiger partial charge < -0.3 is 10.1 Å². The molecule has 0 aliphatic carbocycles. The Labute approximate surface area is 158 Å². The summed E-state index contributed by atoms with van der Waals surface area (Å²) in [4.78, 5) is 24.4. The molecule has 0 aliphatic rings. The number of hydrogen-bond acceptors (Lipinski definition) is 3. The van der Waals surface area contributed by atoms with E-state index in [4.69, 9.17) is 4.74 Å². The molecule has 134 valence electrons. The lowest BCUT2D eigenvalue weighted by Crippen LogP contribution is -2.28.